The summed E-state index contributed by atoms with van der Waals surface area (Å²) < 4.78 is 11.9. The van der Waals surface area contributed by atoms with Crippen LogP contribution < -0.4 is 9.47 Å². The highest BCUT2D eigenvalue weighted by Gasteiger charge is 2.10. The van der Waals surface area contributed by atoms with E-state index < -0.39 is 0 Å². The first-order valence-corrected chi connectivity index (χ1v) is 10.3. The lowest BCUT2D eigenvalue weighted by molar-refractivity contribution is 0.383. The molecule has 5 rings (SSSR count). The second-order valence-electron chi connectivity index (χ2n) is 7.37. The average molecular weight is 416 g/mol. The molecule has 4 aromatic rings. The molecule has 1 aliphatic rings. The lowest BCUT2D eigenvalue weighted by atomic mass is 10.0. The summed E-state index contributed by atoms with van der Waals surface area (Å²) in [6.45, 7) is 1.84. The maximum atomic E-state index is 5.99. The molecule has 4 nitrogen and oxygen atoms in total. The number of ether oxygens (including phenoxy) is 2. The molecule has 0 unspecified atom stereocenters. The Bertz CT molecular complexity index is 1350. The van der Waals surface area contributed by atoms with E-state index in [1.54, 1.807) is 6.26 Å². The van der Waals surface area contributed by atoms with Gasteiger partial charge in [0.15, 0.2) is 11.5 Å². The van der Waals surface area contributed by atoms with Crippen molar-refractivity contribution >= 4 is 17.4 Å². The molecule has 0 aromatic heterocycles. The molecule has 0 spiro atoms. The first-order valence-electron chi connectivity index (χ1n) is 10.3. The standard InChI is InChI=1S/C28H20N2O2/c1-20-18-31-27-14-12-23(21-8-4-2-5-9-21)16-25(27)29-19-30-26-17-24(13-15-28(26)32-20)22-10-6-3-7-11-22/h2-18H,1H3/b20-18-. The van der Waals surface area contributed by atoms with E-state index in [1.807, 2.05) is 79.7 Å². The topological polar surface area (TPSA) is 43.2 Å². The Morgan fingerprint density at radius 2 is 1.12 bits per heavy atom. The third-order valence-corrected chi connectivity index (χ3v) is 5.10. The molecule has 0 atom stereocenters. The molecule has 1 aliphatic heterocycles. The molecule has 4 aromatic carbocycles. The molecule has 0 fully saturated rings. The van der Waals surface area contributed by atoms with Crippen molar-refractivity contribution in [1.29, 1.82) is 0 Å². The number of benzene rings is 4. The number of rotatable bonds is 2. The Morgan fingerprint density at radius 3 is 1.72 bits per heavy atom. The summed E-state index contributed by atoms with van der Waals surface area (Å²) in [6, 6.07) is 34.9. The first kappa shape index (κ1) is 19.6. The van der Waals surface area contributed by atoms with E-state index in [0.717, 1.165) is 22.3 Å². The van der Waals surface area contributed by atoms with Crippen LogP contribution in [0.2, 0.25) is 0 Å². The summed E-state index contributed by atoms with van der Waals surface area (Å²) in [4.78, 5) is 8.96. The van der Waals surface area contributed by atoms with Crippen LogP contribution in [0.3, 0.4) is 0 Å². The predicted molar refractivity (Wildman–Crippen MR) is 128 cm³/mol. The highest BCUT2D eigenvalue weighted by molar-refractivity contribution is 5.75. The van der Waals surface area contributed by atoms with Gasteiger partial charge in [-0.15, -0.1) is 0 Å². The van der Waals surface area contributed by atoms with E-state index in [2.05, 4.69) is 40.3 Å². The number of hydrogen-bond donors (Lipinski definition) is 0. The maximum absolute atomic E-state index is 5.99. The molecule has 0 amide bonds. The first-order chi connectivity index (χ1) is 15.8. The highest BCUT2D eigenvalue weighted by Crippen LogP contribution is 2.36. The number of hydrogen-bond acceptors (Lipinski definition) is 4. The van der Waals surface area contributed by atoms with Crippen LogP contribution in [0.1, 0.15) is 6.92 Å². The van der Waals surface area contributed by atoms with Crippen LogP contribution in [0.25, 0.3) is 22.3 Å². The van der Waals surface area contributed by atoms with Gasteiger partial charge in [0.05, 0.1) is 0 Å². The van der Waals surface area contributed by atoms with Crippen molar-refractivity contribution < 1.29 is 9.47 Å². The SMILES string of the molecule is C/C1=C/Oc2ccc(-c3ccccc3)cc2N=C=Nc2cc(-c3ccccc3)ccc2O1. The molecule has 0 bridgehead atoms. The van der Waals surface area contributed by atoms with Crippen LogP contribution in [0.4, 0.5) is 11.4 Å². The molecule has 0 N–H and O–H groups in total. The number of aliphatic imine (C=N–C) groups is 2. The van der Waals surface area contributed by atoms with E-state index in [4.69, 9.17) is 9.47 Å². The Hall–Kier alpha value is -4.40. The number of fused-ring (bicyclic) bond motifs is 2. The van der Waals surface area contributed by atoms with Gasteiger partial charge in [-0.05, 0) is 53.4 Å². The van der Waals surface area contributed by atoms with Crippen molar-refractivity contribution in [1.82, 2.24) is 0 Å². The molecule has 0 radical (unpaired) electrons. The van der Waals surface area contributed by atoms with Gasteiger partial charge in [-0.2, -0.15) is 9.98 Å². The Morgan fingerprint density at radius 1 is 0.594 bits per heavy atom. The minimum absolute atomic E-state index is 0.603. The zero-order valence-corrected chi connectivity index (χ0v) is 17.5. The summed E-state index contributed by atoms with van der Waals surface area (Å²) in [5.74, 6) is 1.82. The largest absolute Gasteiger partial charge is 0.459 e. The van der Waals surface area contributed by atoms with Gasteiger partial charge in [0.25, 0.3) is 0 Å². The fourth-order valence-corrected chi connectivity index (χ4v) is 3.49. The van der Waals surface area contributed by atoms with Crippen LogP contribution in [-0.4, -0.2) is 6.01 Å². The minimum atomic E-state index is 0.603. The van der Waals surface area contributed by atoms with Crippen molar-refractivity contribution in [3.05, 3.63) is 109 Å². The zero-order chi connectivity index (χ0) is 21.8. The van der Waals surface area contributed by atoms with Gasteiger partial charge in [-0.3, -0.25) is 0 Å². The molecular weight excluding hydrogens is 396 g/mol. The van der Waals surface area contributed by atoms with Crippen LogP contribution in [0, 0.1) is 0 Å². The molecule has 154 valence electrons. The van der Waals surface area contributed by atoms with Gasteiger partial charge >= 0.3 is 0 Å². The van der Waals surface area contributed by atoms with Gasteiger partial charge in [0.1, 0.15) is 29.4 Å². The smallest absolute Gasteiger partial charge is 0.153 e. The van der Waals surface area contributed by atoms with E-state index in [9.17, 15) is 0 Å². The van der Waals surface area contributed by atoms with Crippen LogP contribution >= 0.6 is 0 Å². The second-order valence-corrected chi connectivity index (χ2v) is 7.37. The molecule has 4 heteroatoms. The van der Waals surface area contributed by atoms with E-state index in [0.29, 0.717) is 28.6 Å². The monoisotopic (exact) mass is 416 g/mol. The van der Waals surface area contributed by atoms with Gasteiger partial charge in [0, 0.05) is 0 Å². The normalized spacial score (nSPS) is 14.1. The van der Waals surface area contributed by atoms with Gasteiger partial charge in [-0.1, -0.05) is 72.8 Å². The van der Waals surface area contributed by atoms with E-state index in [1.165, 1.54) is 0 Å². The van der Waals surface area contributed by atoms with E-state index in [-0.39, 0.29) is 0 Å². The van der Waals surface area contributed by atoms with Crippen molar-refractivity contribution in [2.75, 3.05) is 0 Å². The van der Waals surface area contributed by atoms with Crippen LogP contribution in [-0.2, 0) is 0 Å². The number of allylic oxidation sites excluding steroid dienone is 1. The Kier molecular flexibility index (Phi) is 5.36. The third kappa shape index (κ3) is 4.22. The predicted octanol–water partition coefficient (Wildman–Crippen LogP) is 7.79. The summed E-state index contributed by atoms with van der Waals surface area (Å²) in [7, 11) is 0. The van der Waals surface area contributed by atoms with E-state index >= 15 is 0 Å². The molecule has 0 aliphatic carbocycles. The molecular formula is C28H20N2O2. The molecule has 0 saturated heterocycles. The van der Waals surface area contributed by atoms with Gasteiger partial charge in [0.2, 0.25) is 0 Å². The van der Waals surface area contributed by atoms with Crippen molar-refractivity contribution in [3.63, 3.8) is 0 Å². The average Bonchev–Trinajstić information content (AvgIpc) is 2.87. The molecule has 1 heterocycles. The lowest BCUT2D eigenvalue weighted by Gasteiger charge is -2.11. The van der Waals surface area contributed by atoms with Crippen LogP contribution in [0.5, 0.6) is 11.5 Å². The Labute approximate surface area is 186 Å². The zero-order valence-electron chi connectivity index (χ0n) is 17.5. The third-order valence-electron chi connectivity index (χ3n) is 5.10. The van der Waals surface area contributed by atoms with Crippen LogP contribution in [0.15, 0.2) is 119 Å². The fraction of sp³-hybridized carbons (Fsp3) is 0.0357. The van der Waals surface area contributed by atoms with Gasteiger partial charge < -0.3 is 9.47 Å². The quantitative estimate of drug-likeness (QED) is 0.335. The van der Waals surface area contributed by atoms with Gasteiger partial charge in [-0.25, -0.2) is 0 Å². The number of nitrogens with zero attached hydrogens (tertiary/aromatic N) is 2. The highest BCUT2D eigenvalue weighted by atomic mass is 16.5. The van der Waals surface area contributed by atoms with Crippen molar-refractivity contribution in [2.24, 2.45) is 9.98 Å². The second kappa shape index (κ2) is 8.76. The van der Waals surface area contributed by atoms with Crippen molar-refractivity contribution in [3.8, 4) is 33.8 Å². The molecule has 0 saturated carbocycles. The lowest BCUT2D eigenvalue weighted by Crippen LogP contribution is -1.95. The fourth-order valence-electron chi connectivity index (χ4n) is 3.49. The molecule has 32 heavy (non-hydrogen) atoms. The summed E-state index contributed by atoms with van der Waals surface area (Å²) in [6.07, 6.45) is 1.58. The maximum Gasteiger partial charge on any atom is 0.153 e. The summed E-state index contributed by atoms with van der Waals surface area (Å²) >= 11 is 0. The minimum Gasteiger partial charge on any atom is -0.459 e. The summed E-state index contributed by atoms with van der Waals surface area (Å²) in [5.41, 5.74) is 5.57. The van der Waals surface area contributed by atoms with Crippen molar-refractivity contribution in [2.45, 2.75) is 6.92 Å². The Balaban J connectivity index is 1.59. The summed E-state index contributed by atoms with van der Waals surface area (Å²) in [5, 5.41) is 0.